The summed E-state index contributed by atoms with van der Waals surface area (Å²) in [5.41, 5.74) is 0. The molecule has 0 aromatic carbocycles. The van der Waals surface area contributed by atoms with Gasteiger partial charge >= 0.3 is 12.0 Å². The molecule has 8 heteroatoms. The maximum Gasteiger partial charge on any atom is 0.324 e. The second kappa shape index (κ2) is 5.34. The van der Waals surface area contributed by atoms with Crippen LogP contribution in [0.5, 0.6) is 0 Å². The van der Waals surface area contributed by atoms with E-state index in [1.54, 1.807) is 7.05 Å². The summed E-state index contributed by atoms with van der Waals surface area (Å²) >= 11 is 0. The summed E-state index contributed by atoms with van der Waals surface area (Å²) in [5, 5.41) is 15.6. The van der Waals surface area contributed by atoms with E-state index in [0.29, 0.717) is 5.95 Å². The van der Waals surface area contributed by atoms with E-state index in [2.05, 4.69) is 15.4 Å². The van der Waals surface area contributed by atoms with Crippen molar-refractivity contribution in [1.29, 1.82) is 0 Å². The summed E-state index contributed by atoms with van der Waals surface area (Å²) in [5.74, 6) is -0.151. The lowest BCUT2D eigenvalue weighted by Crippen LogP contribution is -2.48. The molecule has 0 saturated carbocycles. The average molecular weight is 293 g/mol. The van der Waals surface area contributed by atoms with Crippen molar-refractivity contribution in [2.75, 3.05) is 5.32 Å². The maximum atomic E-state index is 12.4. The number of nitrogens with one attached hydrogen (secondary N) is 1. The molecule has 1 aromatic heterocycles. The van der Waals surface area contributed by atoms with E-state index in [-0.39, 0.29) is 30.5 Å². The fourth-order valence-corrected chi connectivity index (χ4v) is 3.60. The van der Waals surface area contributed by atoms with Gasteiger partial charge in [-0.15, -0.1) is 0 Å². The highest BCUT2D eigenvalue weighted by Crippen LogP contribution is 2.40. The molecular formula is C13H19N5O3. The molecule has 2 fully saturated rings. The number of carboxylic acid groups (broad SMARTS) is 1. The first-order chi connectivity index (χ1) is 10.0. The van der Waals surface area contributed by atoms with Gasteiger partial charge in [0.1, 0.15) is 6.33 Å². The van der Waals surface area contributed by atoms with Gasteiger partial charge in [0.25, 0.3) is 0 Å². The predicted molar refractivity (Wildman–Crippen MR) is 73.6 cm³/mol. The van der Waals surface area contributed by atoms with Gasteiger partial charge in [-0.05, 0) is 31.6 Å². The largest absolute Gasteiger partial charge is 0.481 e. The number of hydrogen-bond donors (Lipinski definition) is 2. The number of carbonyl (C=O) groups excluding carboxylic acids is 1. The van der Waals surface area contributed by atoms with Crippen molar-refractivity contribution in [3.8, 4) is 0 Å². The molecule has 8 nitrogen and oxygen atoms in total. The van der Waals surface area contributed by atoms with Gasteiger partial charge in [-0.25, -0.2) is 9.48 Å². The molecule has 3 rings (SSSR count). The third-order valence-corrected chi connectivity index (χ3v) is 4.46. The molecular weight excluding hydrogens is 274 g/mol. The van der Waals surface area contributed by atoms with Gasteiger partial charge in [-0.3, -0.25) is 10.1 Å². The summed E-state index contributed by atoms with van der Waals surface area (Å²) in [6, 6.07) is 0.120. The normalized spacial score (nSPS) is 27.7. The molecule has 21 heavy (non-hydrogen) atoms. The van der Waals surface area contributed by atoms with Crippen molar-refractivity contribution >= 4 is 17.9 Å². The number of urea groups is 1. The van der Waals surface area contributed by atoms with Crippen molar-refractivity contribution in [2.45, 2.75) is 44.2 Å². The minimum Gasteiger partial charge on any atom is -0.481 e. The monoisotopic (exact) mass is 293 g/mol. The lowest BCUT2D eigenvalue weighted by molar-refractivity contribution is -0.138. The number of aromatic nitrogens is 3. The number of amides is 2. The van der Waals surface area contributed by atoms with Crippen LogP contribution in [-0.4, -0.2) is 48.9 Å². The van der Waals surface area contributed by atoms with Gasteiger partial charge in [-0.1, -0.05) is 0 Å². The quantitative estimate of drug-likeness (QED) is 0.868. The Morgan fingerprint density at radius 2 is 2.05 bits per heavy atom. The van der Waals surface area contributed by atoms with Crippen LogP contribution in [0, 0.1) is 5.92 Å². The fourth-order valence-electron chi connectivity index (χ4n) is 3.60. The lowest BCUT2D eigenvalue weighted by Gasteiger charge is -2.38. The smallest absolute Gasteiger partial charge is 0.324 e. The van der Waals surface area contributed by atoms with Gasteiger partial charge in [0.15, 0.2) is 0 Å². The number of aryl methyl sites for hydroxylation is 1. The Kier molecular flexibility index (Phi) is 3.52. The maximum absolute atomic E-state index is 12.4. The molecule has 3 heterocycles. The summed E-state index contributed by atoms with van der Waals surface area (Å²) < 4.78 is 1.51. The highest BCUT2D eigenvalue weighted by molar-refractivity contribution is 5.88. The van der Waals surface area contributed by atoms with Gasteiger partial charge in [0.05, 0.1) is 0 Å². The molecule has 2 saturated heterocycles. The molecule has 2 aliphatic heterocycles. The number of rotatable bonds is 3. The standard InChI is InChI=1S/C13H19N5O3/c1-17-12(14-7-15-17)16-13(21)18-9-2-3-10(18)5-8(4-9)6-11(19)20/h7-10H,2-6H2,1H3,(H,19,20)(H,14,15,16,21). The van der Waals surface area contributed by atoms with Crippen molar-refractivity contribution < 1.29 is 14.7 Å². The third kappa shape index (κ3) is 2.70. The Labute approximate surface area is 122 Å². The predicted octanol–water partition coefficient (Wildman–Crippen LogP) is 1.06. The first-order valence-corrected chi connectivity index (χ1v) is 7.19. The molecule has 2 unspecified atom stereocenters. The van der Waals surface area contributed by atoms with Gasteiger partial charge < -0.3 is 10.0 Å². The fraction of sp³-hybridized carbons (Fsp3) is 0.692. The van der Waals surface area contributed by atoms with Gasteiger partial charge in [0, 0.05) is 25.6 Å². The van der Waals surface area contributed by atoms with E-state index in [0.717, 1.165) is 25.7 Å². The minimum atomic E-state index is -0.753. The van der Waals surface area contributed by atoms with E-state index >= 15 is 0 Å². The lowest BCUT2D eigenvalue weighted by atomic mass is 9.88. The first-order valence-electron chi connectivity index (χ1n) is 7.19. The van der Waals surface area contributed by atoms with Crippen LogP contribution in [0.4, 0.5) is 10.7 Å². The van der Waals surface area contributed by atoms with Crippen molar-refractivity contribution in [1.82, 2.24) is 19.7 Å². The minimum absolute atomic E-state index is 0.140. The Bertz CT molecular complexity index is 544. The van der Waals surface area contributed by atoms with E-state index in [1.807, 2.05) is 4.90 Å². The van der Waals surface area contributed by atoms with E-state index in [4.69, 9.17) is 5.11 Å². The number of anilines is 1. The van der Waals surface area contributed by atoms with Crippen LogP contribution in [0.2, 0.25) is 0 Å². The Morgan fingerprint density at radius 3 is 2.57 bits per heavy atom. The van der Waals surface area contributed by atoms with Crippen molar-refractivity contribution in [3.63, 3.8) is 0 Å². The molecule has 2 aliphatic rings. The molecule has 114 valence electrons. The average Bonchev–Trinajstić information content (AvgIpc) is 2.91. The van der Waals surface area contributed by atoms with Crippen LogP contribution < -0.4 is 5.32 Å². The van der Waals surface area contributed by atoms with E-state index in [9.17, 15) is 9.59 Å². The van der Waals surface area contributed by atoms with E-state index < -0.39 is 5.97 Å². The summed E-state index contributed by atoms with van der Waals surface area (Å²) in [6.45, 7) is 0. The molecule has 2 amide bonds. The Morgan fingerprint density at radius 1 is 1.38 bits per heavy atom. The first kappa shape index (κ1) is 13.8. The second-order valence-corrected chi connectivity index (χ2v) is 5.86. The third-order valence-electron chi connectivity index (χ3n) is 4.46. The van der Waals surface area contributed by atoms with Gasteiger partial charge in [0.2, 0.25) is 5.95 Å². The van der Waals surface area contributed by atoms with Crippen LogP contribution in [0.15, 0.2) is 6.33 Å². The zero-order valence-corrected chi connectivity index (χ0v) is 11.9. The number of hydrogen-bond acceptors (Lipinski definition) is 4. The Balaban J connectivity index is 1.66. The topological polar surface area (TPSA) is 100 Å². The zero-order chi connectivity index (χ0) is 15.0. The van der Waals surface area contributed by atoms with Crippen LogP contribution in [0.25, 0.3) is 0 Å². The number of fused-ring (bicyclic) bond motifs is 2. The van der Waals surface area contributed by atoms with Crippen molar-refractivity contribution in [2.24, 2.45) is 13.0 Å². The van der Waals surface area contributed by atoms with Gasteiger partial charge in [-0.2, -0.15) is 10.1 Å². The SMILES string of the molecule is Cn1ncnc1NC(=O)N1C2CCC1CC(CC(=O)O)C2. The zero-order valence-electron chi connectivity index (χ0n) is 11.9. The molecule has 0 spiro atoms. The molecule has 1 aromatic rings. The van der Waals surface area contributed by atoms with Crippen molar-refractivity contribution in [3.05, 3.63) is 6.33 Å². The summed E-state index contributed by atoms with van der Waals surface area (Å²) in [6.07, 6.45) is 5.04. The number of piperidine rings is 1. The van der Waals surface area contributed by atoms with Crippen LogP contribution in [-0.2, 0) is 11.8 Å². The number of carbonyl (C=O) groups is 2. The Hall–Kier alpha value is -2.12. The van der Waals surface area contributed by atoms with E-state index in [1.165, 1.54) is 11.0 Å². The molecule has 2 bridgehead atoms. The number of aliphatic carboxylic acids is 1. The summed E-state index contributed by atoms with van der Waals surface area (Å²) in [4.78, 5) is 29.1. The molecule has 0 radical (unpaired) electrons. The molecule has 0 aliphatic carbocycles. The molecule has 2 N–H and O–H groups in total. The van der Waals surface area contributed by atoms with Crippen LogP contribution in [0.1, 0.15) is 32.1 Å². The highest BCUT2D eigenvalue weighted by atomic mass is 16.4. The second-order valence-electron chi connectivity index (χ2n) is 5.86. The van der Waals surface area contributed by atoms with Crippen LogP contribution in [0.3, 0.4) is 0 Å². The number of carboxylic acids is 1. The molecule has 2 atom stereocenters. The van der Waals surface area contributed by atoms with Crippen LogP contribution >= 0.6 is 0 Å². The summed E-state index contributed by atoms with van der Waals surface area (Å²) in [7, 11) is 1.72. The highest BCUT2D eigenvalue weighted by Gasteiger charge is 2.43. The number of nitrogens with zero attached hydrogens (tertiary/aromatic N) is 4.